The second-order valence-electron chi connectivity index (χ2n) is 6.93. The molecule has 0 unspecified atom stereocenters. The Balaban J connectivity index is 1.72. The second-order valence-corrected chi connectivity index (χ2v) is 6.93. The number of carbonyl (C=O) groups excluding carboxylic acids is 1. The molecular formula is C23H15FN6O2. The average molecular weight is 426 g/mol. The molecule has 0 aliphatic carbocycles. The molecule has 0 radical (unpaired) electrons. The summed E-state index contributed by atoms with van der Waals surface area (Å²) in [5.41, 5.74) is 4.08. The molecule has 0 saturated carbocycles. The molecule has 3 heterocycles. The molecule has 0 atom stereocenters. The molecule has 0 bridgehead atoms. The van der Waals surface area contributed by atoms with E-state index in [1.807, 2.05) is 6.07 Å². The van der Waals surface area contributed by atoms with E-state index in [-0.39, 0.29) is 22.4 Å². The summed E-state index contributed by atoms with van der Waals surface area (Å²) in [4.78, 5) is 34.7. The summed E-state index contributed by atoms with van der Waals surface area (Å²) < 4.78 is 14.8. The van der Waals surface area contributed by atoms with Crippen LogP contribution in [-0.4, -0.2) is 30.7 Å². The quantitative estimate of drug-likeness (QED) is 0.458. The van der Waals surface area contributed by atoms with Gasteiger partial charge in [-0.25, -0.2) is 9.37 Å². The van der Waals surface area contributed by atoms with E-state index >= 15 is 0 Å². The van der Waals surface area contributed by atoms with Gasteiger partial charge in [0.05, 0.1) is 5.56 Å². The molecule has 0 fully saturated rings. The number of amides is 1. The van der Waals surface area contributed by atoms with Crippen molar-refractivity contribution in [2.24, 2.45) is 0 Å². The van der Waals surface area contributed by atoms with Crippen molar-refractivity contribution in [2.75, 3.05) is 5.43 Å². The van der Waals surface area contributed by atoms with Gasteiger partial charge in [0.15, 0.2) is 11.3 Å². The Morgan fingerprint density at radius 3 is 2.56 bits per heavy atom. The standard InChI is InChI=1S/C23H15FN6O2/c24-17-10-4-8-15(12-17)18-19-20(28-27-18)23(32)30(21(26-19)14-6-2-1-3-7-14)29-22(31)16-9-5-11-25-13-16/h1-13H,(H,27,28)(H,29,31). The number of nitrogens with one attached hydrogen (secondary N) is 2. The molecule has 5 rings (SSSR count). The van der Waals surface area contributed by atoms with Gasteiger partial charge in [0.2, 0.25) is 0 Å². The molecule has 9 heteroatoms. The largest absolute Gasteiger partial charge is 0.298 e. The summed E-state index contributed by atoms with van der Waals surface area (Å²) in [6, 6.07) is 18.0. The van der Waals surface area contributed by atoms with Gasteiger partial charge in [-0.15, -0.1) is 0 Å². The van der Waals surface area contributed by atoms with Crippen LogP contribution in [0.25, 0.3) is 33.7 Å². The fourth-order valence-electron chi connectivity index (χ4n) is 3.34. The Kier molecular flexibility index (Phi) is 4.75. The molecule has 156 valence electrons. The molecule has 2 aromatic carbocycles. The monoisotopic (exact) mass is 426 g/mol. The third kappa shape index (κ3) is 3.41. The van der Waals surface area contributed by atoms with Crippen LogP contribution in [0.2, 0.25) is 0 Å². The number of hydrogen-bond donors (Lipinski definition) is 2. The number of benzene rings is 2. The van der Waals surface area contributed by atoms with Crippen molar-refractivity contribution in [3.05, 3.63) is 101 Å². The number of rotatable bonds is 4. The summed E-state index contributed by atoms with van der Waals surface area (Å²) in [5.74, 6) is -0.748. The number of nitrogens with zero attached hydrogens (tertiary/aromatic N) is 4. The van der Waals surface area contributed by atoms with Crippen molar-refractivity contribution in [1.29, 1.82) is 0 Å². The molecule has 5 aromatic rings. The number of H-pyrrole nitrogens is 1. The van der Waals surface area contributed by atoms with Crippen LogP contribution in [0.15, 0.2) is 83.9 Å². The zero-order valence-electron chi connectivity index (χ0n) is 16.5. The van der Waals surface area contributed by atoms with E-state index in [0.717, 1.165) is 4.68 Å². The van der Waals surface area contributed by atoms with Gasteiger partial charge in [-0.2, -0.15) is 9.77 Å². The van der Waals surface area contributed by atoms with E-state index in [4.69, 9.17) is 0 Å². The summed E-state index contributed by atoms with van der Waals surface area (Å²) in [5, 5.41) is 6.87. The molecule has 1 amide bonds. The second kappa shape index (κ2) is 7.88. The fourth-order valence-corrected chi connectivity index (χ4v) is 3.34. The Morgan fingerprint density at radius 2 is 1.81 bits per heavy atom. The highest BCUT2D eigenvalue weighted by atomic mass is 19.1. The summed E-state index contributed by atoms with van der Waals surface area (Å²) in [6.45, 7) is 0. The normalized spacial score (nSPS) is 10.9. The fraction of sp³-hybridized carbons (Fsp3) is 0. The van der Waals surface area contributed by atoms with Gasteiger partial charge in [-0.05, 0) is 24.3 Å². The van der Waals surface area contributed by atoms with E-state index in [9.17, 15) is 14.0 Å². The summed E-state index contributed by atoms with van der Waals surface area (Å²) >= 11 is 0. The van der Waals surface area contributed by atoms with Gasteiger partial charge in [0.1, 0.15) is 17.0 Å². The minimum absolute atomic E-state index is 0.0791. The van der Waals surface area contributed by atoms with E-state index in [1.54, 1.807) is 54.7 Å². The topological polar surface area (TPSA) is 106 Å². The maximum Gasteiger partial charge on any atom is 0.298 e. The Morgan fingerprint density at radius 1 is 1.00 bits per heavy atom. The maximum absolute atomic E-state index is 13.8. The van der Waals surface area contributed by atoms with Crippen LogP contribution >= 0.6 is 0 Å². The van der Waals surface area contributed by atoms with Crippen molar-refractivity contribution >= 4 is 16.9 Å². The molecule has 8 nitrogen and oxygen atoms in total. The predicted octanol–water partition coefficient (Wildman–Crippen LogP) is 3.37. The van der Waals surface area contributed by atoms with E-state index in [0.29, 0.717) is 16.8 Å². The summed E-state index contributed by atoms with van der Waals surface area (Å²) in [7, 11) is 0. The predicted molar refractivity (Wildman–Crippen MR) is 117 cm³/mol. The van der Waals surface area contributed by atoms with Gasteiger partial charge >= 0.3 is 0 Å². The van der Waals surface area contributed by atoms with Crippen LogP contribution in [0.3, 0.4) is 0 Å². The van der Waals surface area contributed by atoms with E-state index in [2.05, 4.69) is 25.6 Å². The lowest BCUT2D eigenvalue weighted by Gasteiger charge is -2.13. The third-order valence-electron chi connectivity index (χ3n) is 4.85. The number of halogens is 1. The number of pyridine rings is 1. The van der Waals surface area contributed by atoms with Gasteiger partial charge in [0.25, 0.3) is 11.5 Å². The first kappa shape index (κ1) is 19.3. The number of hydrogen-bond acceptors (Lipinski definition) is 5. The lowest BCUT2D eigenvalue weighted by molar-refractivity contribution is 0.101. The molecular weight excluding hydrogens is 411 g/mol. The maximum atomic E-state index is 13.8. The van der Waals surface area contributed by atoms with Crippen LogP contribution in [-0.2, 0) is 0 Å². The number of aromatic nitrogens is 5. The van der Waals surface area contributed by atoms with E-state index in [1.165, 1.54) is 18.3 Å². The highest BCUT2D eigenvalue weighted by Gasteiger charge is 2.20. The van der Waals surface area contributed by atoms with Gasteiger partial charge in [-0.1, -0.05) is 42.5 Å². The third-order valence-corrected chi connectivity index (χ3v) is 4.85. The van der Waals surface area contributed by atoms with Crippen LogP contribution in [0.1, 0.15) is 10.4 Å². The van der Waals surface area contributed by atoms with Gasteiger partial charge in [0, 0.05) is 23.5 Å². The Bertz CT molecular complexity index is 1500. The van der Waals surface area contributed by atoms with Crippen LogP contribution < -0.4 is 11.0 Å². The minimum atomic E-state index is -0.554. The minimum Gasteiger partial charge on any atom is -0.270 e. The number of fused-ring (bicyclic) bond motifs is 1. The van der Waals surface area contributed by atoms with Gasteiger partial charge in [-0.3, -0.25) is 25.1 Å². The lowest BCUT2D eigenvalue weighted by Crippen LogP contribution is -2.35. The first-order valence-corrected chi connectivity index (χ1v) is 9.65. The van der Waals surface area contributed by atoms with Crippen molar-refractivity contribution < 1.29 is 9.18 Å². The number of carbonyl (C=O) groups is 1. The highest BCUT2D eigenvalue weighted by molar-refractivity contribution is 6.00. The first-order valence-electron chi connectivity index (χ1n) is 9.65. The lowest BCUT2D eigenvalue weighted by atomic mass is 10.1. The first-order chi connectivity index (χ1) is 15.6. The van der Waals surface area contributed by atoms with Crippen molar-refractivity contribution in [2.45, 2.75) is 0 Å². The van der Waals surface area contributed by atoms with Crippen molar-refractivity contribution in [1.82, 2.24) is 24.8 Å². The van der Waals surface area contributed by atoms with Crippen molar-refractivity contribution in [3.8, 4) is 22.6 Å². The van der Waals surface area contributed by atoms with Crippen LogP contribution in [0, 0.1) is 5.82 Å². The molecule has 0 aliphatic rings. The van der Waals surface area contributed by atoms with E-state index < -0.39 is 17.3 Å². The number of aromatic amines is 1. The molecule has 0 aliphatic heterocycles. The Hall–Kier alpha value is -4.66. The van der Waals surface area contributed by atoms with Crippen LogP contribution in [0.5, 0.6) is 0 Å². The highest BCUT2D eigenvalue weighted by Crippen LogP contribution is 2.26. The summed E-state index contributed by atoms with van der Waals surface area (Å²) in [6.07, 6.45) is 2.94. The zero-order chi connectivity index (χ0) is 22.1. The smallest absolute Gasteiger partial charge is 0.270 e. The molecule has 0 spiro atoms. The SMILES string of the molecule is O=C(Nn1c(-c2ccccc2)nc2c(-c3cccc(F)c3)n[nH]c2c1=O)c1cccnc1. The van der Waals surface area contributed by atoms with Crippen molar-refractivity contribution in [3.63, 3.8) is 0 Å². The molecule has 2 N–H and O–H groups in total. The zero-order valence-corrected chi connectivity index (χ0v) is 16.5. The van der Waals surface area contributed by atoms with Crippen LogP contribution in [0.4, 0.5) is 4.39 Å². The molecule has 32 heavy (non-hydrogen) atoms. The molecule has 3 aromatic heterocycles. The molecule has 0 saturated heterocycles. The average Bonchev–Trinajstić information content (AvgIpc) is 3.26. The Labute approximate surface area is 180 Å². The van der Waals surface area contributed by atoms with Gasteiger partial charge < -0.3 is 0 Å².